The summed E-state index contributed by atoms with van der Waals surface area (Å²) in [7, 11) is 0. The van der Waals surface area contributed by atoms with E-state index in [2.05, 4.69) is 16.4 Å². The zero-order valence-electron chi connectivity index (χ0n) is 19.7. The summed E-state index contributed by atoms with van der Waals surface area (Å²) in [5.74, 6) is -0.631. The van der Waals surface area contributed by atoms with E-state index in [1.54, 1.807) is 47.8 Å². The fourth-order valence-corrected chi connectivity index (χ4v) is 5.22. The monoisotopic (exact) mass is 509 g/mol. The second-order valence-electron chi connectivity index (χ2n) is 8.64. The third-order valence-electron chi connectivity index (χ3n) is 6.36. The highest BCUT2D eigenvalue weighted by atomic mass is 32.1. The molecule has 0 spiro atoms. The summed E-state index contributed by atoms with van der Waals surface area (Å²) in [4.78, 5) is 31.9. The summed E-state index contributed by atoms with van der Waals surface area (Å²) in [6.07, 6.45) is 1.54. The summed E-state index contributed by atoms with van der Waals surface area (Å²) < 4.78 is 0. The van der Waals surface area contributed by atoms with E-state index >= 15 is 0 Å². The number of hydrogen-bond acceptors (Lipinski definition) is 7. The Morgan fingerprint density at radius 2 is 1.95 bits per heavy atom. The zero-order chi connectivity index (χ0) is 25.9. The maximum absolute atomic E-state index is 12.9. The van der Waals surface area contributed by atoms with Gasteiger partial charge in [-0.1, -0.05) is 30.3 Å². The average molecular weight is 510 g/mol. The number of amides is 2. The number of para-hydroxylation sites is 1. The van der Waals surface area contributed by atoms with Gasteiger partial charge in [0, 0.05) is 23.4 Å². The Morgan fingerprint density at radius 3 is 2.68 bits per heavy atom. The van der Waals surface area contributed by atoms with Gasteiger partial charge < -0.3 is 21.1 Å². The lowest BCUT2D eigenvalue weighted by molar-refractivity contribution is -0.119. The van der Waals surface area contributed by atoms with E-state index in [-0.39, 0.29) is 35.0 Å². The van der Waals surface area contributed by atoms with Crippen LogP contribution in [0.5, 0.6) is 5.75 Å². The summed E-state index contributed by atoms with van der Waals surface area (Å²) >= 11 is 1.28. The van der Waals surface area contributed by atoms with Crippen molar-refractivity contribution < 1.29 is 14.7 Å². The Labute approximate surface area is 217 Å². The number of nitrogens with zero attached hydrogens (tertiary/aromatic N) is 3. The van der Waals surface area contributed by atoms with Crippen LogP contribution in [0.4, 0.5) is 11.5 Å². The van der Waals surface area contributed by atoms with Crippen LogP contribution in [0.1, 0.15) is 28.1 Å². The van der Waals surface area contributed by atoms with Crippen molar-refractivity contribution >= 4 is 34.7 Å². The highest BCUT2D eigenvalue weighted by Gasteiger charge is 2.29. The molecule has 0 aliphatic carbocycles. The van der Waals surface area contributed by atoms with Crippen molar-refractivity contribution in [3.8, 4) is 34.2 Å². The molecule has 184 valence electrons. The maximum atomic E-state index is 12.9. The van der Waals surface area contributed by atoms with Crippen LogP contribution in [-0.4, -0.2) is 34.5 Å². The number of nitrogens with one attached hydrogen (secondary N) is 1. The van der Waals surface area contributed by atoms with Gasteiger partial charge in [0.05, 0.1) is 10.6 Å². The molecule has 37 heavy (non-hydrogen) atoms. The Kier molecular flexibility index (Phi) is 6.58. The number of primary amides is 1. The number of carbonyl (C=O) groups is 2. The number of aromatic nitrogens is 1. The van der Waals surface area contributed by atoms with Crippen molar-refractivity contribution in [1.82, 2.24) is 4.98 Å². The number of anilines is 2. The first-order valence-corrected chi connectivity index (χ1v) is 12.6. The van der Waals surface area contributed by atoms with Gasteiger partial charge in [-0.3, -0.25) is 9.59 Å². The minimum atomic E-state index is -0.388. The van der Waals surface area contributed by atoms with Gasteiger partial charge in [0.2, 0.25) is 5.91 Å². The van der Waals surface area contributed by atoms with Crippen LogP contribution in [0, 0.1) is 11.3 Å². The topological polar surface area (TPSA) is 132 Å². The molecule has 4 aromatic rings. The van der Waals surface area contributed by atoms with Gasteiger partial charge in [0.25, 0.3) is 5.91 Å². The van der Waals surface area contributed by atoms with E-state index in [0.29, 0.717) is 40.2 Å². The van der Waals surface area contributed by atoms with Crippen LogP contribution < -0.4 is 16.0 Å². The second kappa shape index (κ2) is 10.1. The summed E-state index contributed by atoms with van der Waals surface area (Å²) in [6.45, 7) is 0.698. The van der Waals surface area contributed by atoms with Crippen molar-refractivity contribution in [1.29, 1.82) is 5.26 Å². The molecule has 1 aliphatic rings. The van der Waals surface area contributed by atoms with Crippen LogP contribution in [0.3, 0.4) is 0 Å². The number of phenolic OH excluding ortho intramolecular Hbond substituents is 1. The Morgan fingerprint density at radius 1 is 1.11 bits per heavy atom. The van der Waals surface area contributed by atoms with Gasteiger partial charge >= 0.3 is 0 Å². The number of phenols is 1. The molecule has 2 aromatic carbocycles. The van der Waals surface area contributed by atoms with Gasteiger partial charge in [-0.15, -0.1) is 11.3 Å². The second-order valence-corrected chi connectivity index (χ2v) is 9.59. The molecule has 0 bridgehead atoms. The van der Waals surface area contributed by atoms with E-state index in [4.69, 9.17) is 5.73 Å². The lowest BCUT2D eigenvalue weighted by Gasteiger charge is -2.25. The number of rotatable bonds is 6. The molecule has 2 aromatic heterocycles. The molecule has 5 rings (SSSR count). The first-order chi connectivity index (χ1) is 18.0. The van der Waals surface area contributed by atoms with Crippen molar-refractivity contribution in [2.45, 2.75) is 18.9 Å². The number of thiophene rings is 1. The SMILES string of the molecule is N#Cc1c(-c2cccc(N3CCC[C@H]3C(N)=O)c2)cc(-c2ccccc2O)nc1NC(=O)c1cccs1. The van der Waals surface area contributed by atoms with Crippen LogP contribution in [0.15, 0.2) is 72.1 Å². The van der Waals surface area contributed by atoms with Gasteiger partial charge in [-0.2, -0.15) is 5.26 Å². The van der Waals surface area contributed by atoms with Gasteiger partial charge in [0.1, 0.15) is 23.4 Å². The first-order valence-electron chi connectivity index (χ1n) is 11.7. The summed E-state index contributed by atoms with van der Waals surface area (Å²) in [5, 5.41) is 25.2. The smallest absolute Gasteiger partial charge is 0.266 e. The number of benzene rings is 2. The molecular weight excluding hydrogens is 486 g/mol. The highest BCUT2D eigenvalue weighted by molar-refractivity contribution is 7.12. The molecule has 1 fully saturated rings. The molecule has 1 aliphatic heterocycles. The standard InChI is InChI=1S/C28H23N5O3S/c29-16-21-20(17-6-3-7-18(14-17)33-12-4-9-23(33)26(30)35)15-22(19-8-1-2-10-24(19)34)31-27(21)32-28(36)25-11-5-13-37-25/h1-3,5-8,10-11,13-15,23,34H,4,9,12H2,(H2,30,35)(H,31,32,36)/t23-/m0/s1. The Bertz CT molecular complexity index is 1530. The van der Waals surface area contributed by atoms with Gasteiger partial charge in [-0.25, -0.2) is 4.98 Å². The largest absolute Gasteiger partial charge is 0.507 e. The molecular formula is C28H23N5O3S. The predicted octanol–water partition coefficient (Wildman–Crippen LogP) is 4.76. The summed E-state index contributed by atoms with van der Waals surface area (Å²) in [6, 6.07) is 21.3. The number of carbonyl (C=O) groups excluding carboxylic acids is 2. The molecule has 1 saturated heterocycles. The van der Waals surface area contributed by atoms with Crippen molar-refractivity contribution in [3.63, 3.8) is 0 Å². The molecule has 2 amide bonds. The number of hydrogen-bond donors (Lipinski definition) is 3. The van der Waals surface area contributed by atoms with E-state index in [0.717, 1.165) is 12.1 Å². The maximum Gasteiger partial charge on any atom is 0.266 e. The fraction of sp³-hybridized carbons (Fsp3) is 0.143. The van der Waals surface area contributed by atoms with Crippen molar-refractivity contribution in [2.75, 3.05) is 16.8 Å². The molecule has 8 nitrogen and oxygen atoms in total. The summed E-state index contributed by atoms with van der Waals surface area (Å²) in [5.41, 5.74) is 8.73. The molecule has 1 atom stereocenters. The fourth-order valence-electron chi connectivity index (χ4n) is 4.61. The van der Waals surface area contributed by atoms with E-state index in [9.17, 15) is 20.0 Å². The molecule has 3 heterocycles. The number of nitriles is 1. The first kappa shape index (κ1) is 24.0. The third-order valence-corrected chi connectivity index (χ3v) is 7.23. The minimum Gasteiger partial charge on any atom is -0.507 e. The van der Waals surface area contributed by atoms with E-state index in [1.165, 1.54) is 11.3 Å². The molecule has 0 saturated carbocycles. The Hall–Kier alpha value is -4.68. The molecule has 4 N–H and O–H groups in total. The number of pyridine rings is 1. The average Bonchev–Trinajstić information content (AvgIpc) is 3.62. The minimum absolute atomic E-state index is 0.0244. The highest BCUT2D eigenvalue weighted by Crippen LogP contribution is 2.37. The van der Waals surface area contributed by atoms with Gasteiger partial charge in [-0.05, 0) is 60.2 Å². The van der Waals surface area contributed by atoms with Crippen LogP contribution >= 0.6 is 11.3 Å². The van der Waals surface area contributed by atoms with Crippen LogP contribution in [0.2, 0.25) is 0 Å². The third kappa shape index (κ3) is 4.75. The van der Waals surface area contributed by atoms with Crippen LogP contribution in [-0.2, 0) is 4.79 Å². The van der Waals surface area contributed by atoms with Crippen molar-refractivity contribution in [3.05, 3.63) is 82.6 Å². The number of nitrogens with two attached hydrogens (primary N) is 1. The predicted molar refractivity (Wildman–Crippen MR) is 143 cm³/mol. The molecule has 9 heteroatoms. The normalized spacial score (nSPS) is 14.8. The van der Waals surface area contributed by atoms with E-state index in [1.807, 2.05) is 29.2 Å². The van der Waals surface area contributed by atoms with Gasteiger partial charge in [0.15, 0.2) is 5.82 Å². The van der Waals surface area contributed by atoms with Crippen LogP contribution in [0.25, 0.3) is 22.4 Å². The zero-order valence-corrected chi connectivity index (χ0v) is 20.5. The molecule has 0 unspecified atom stereocenters. The number of aromatic hydroxyl groups is 1. The van der Waals surface area contributed by atoms with Crippen molar-refractivity contribution in [2.24, 2.45) is 5.73 Å². The lowest BCUT2D eigenvalue weighted by atomic mass is 9.97. The molecule has 0 radical (unpaired) electrons. The lowest BCUT2D eigenvalue weighted by Crippen LogP contribution is -2.40. The Balaban J connectivity index is 1.65. The quantitative estimate of drug-likeness (QED) is 0.343. The van der Waals surface area contributed by atoms with E-state index < -0.39 is 0 Å².